The highest BCUT2D eigenvalue weighted by molar-refractivity contribution is 4.76. The third-order valence-electron chi connectivity index (χ3n) is 4.23. The summed E-state index contributed by atoms with van der Waals surface area (Å²) in [6.07, 6.45) is 6.68. The molecule has 4 heteroatoms. The quantitative estimate of drug-likeness (QED) is 0.681. The zero-order valence-electron chi connectivity index (χ0n) is 12.5. The predicted octanol–water partition coefficient (Wildman–Crippen LogP) is 1.22. The Kier molecular flexibility index (Phi) is 7.14. The van der Waals surface area contributed by atoms with E-state index >= 15 is 0 Å². The van der Waals surface area contributed by atoms with Gasteiger partial charge in [-0.1, -0.05) is 6.42 Å². The standard InChI is InChI=1S/C15H31N3O/c1-14(12-15-13-19-11-7-17-15)16-6-5-10-18-8-3-2-4-9-18/h14-17H,2-13H2,1H3. The second-order valence-electron chi connectivity index (χ2n) is 6.07. The molecule has 0 saturated carbocycles. The third kappa shape index (κ3) is 6.21. The van der Waals surface area contributed by atoms with Gasteiger partial charge in [0.2, 0.25) is 0 Å². The van der Waals surface area contributed by atoms with Crippen molar-refractivity contribution in [2.45, 2.75) is 51.1 Å². The van der Waals surface area contributed by atoms with E-state index in [0.717, 1.165) is 26.3 Å². The van der Waals surface area contributed by atoms with E-state index in [-0.39, 0.29) is 0 Å². The molecule has 0 spiro atoms. The Labute approximate surface area is 118 Å². The second kappa shape index (κ2) is 8.90. The summed E-state index contributed by atoms with van der Waals surface area (Å²) in [5.74, 6) is 0. The van der Waals surface area contributed by atoms with Crippen molar-refractivity contribution in [2.24, 2.45) is 0 Å². The van der Waals surface area contributed by atoms with Crippen molar-refractivity contribution in [3.63, 3.8) is 0 Å². The lowest BCUT2D eigenvalue weighted by atomic mass is 10.1. The zero-order chi connectivity index (χ0) is 13.3. The molecule has 0 aliphatic carbocycles. The Morgan fingerprint density at radius 2 is 2.16 bits per heavy atom. The molecule has 2 N–H and O–H groups in total. The first-order chi connectivity index (χ1) is 9.34. The van der Waals surface area contributed by atoms with Crippen molar-refractivity contribution < 1.29 is 4.74 Å². The molecule has 2 atom stereocenters. The van der Waals surface area contributed by atoms with Gasteiger partial charge in [0, 0.05) is 18.6 Å². The first-order valence-corrected chi connectivity index (χ1v) is 8.11. The molecule has 4 nitrogen and oxygen atoms in total. The van der Waals surface area contributed by atoms with E-state index in [1.165, 1.54) is 51.7 Å². The van der Waals surface area contributed by atoms with Crippen molar-refractivity contribution in [3.05, 3.63) is 0 Å². The molecule has 0 aromatic carbocycles. The summed E-state index contributed by atoms with van der Waals surface area (Å²) in [6.45, 7) is 10.1. The minimum absolute atomic E-state index is 0.540. The van der Waals surface area contributed by atoms with Crippen LogP contribution in [-0.4, -0.2) is 62.9 Å². The highest BCUT2D eigenvalue weighted by Crippen LogP contribution is 2.08. The highest BCUT2D eigenvalue weighted by Gasteiger charge is 2.16. The molecule has 19 heavy (non-hydrogen) atoms. The second-order valence-corrected chi connectivity index (χ2v) is 6.07. The first-order valence-electron chi connectivity index (χ1n) is 8.11. The summed E-state index contributed by atoms with van der Waals surface area (Å²) >= 11 is 0. The average Bonchev–Trinajstić information content (AvgIpc) is 2.46. The van der Waals surface area contributed by atoms with Gasteiger partial charge in [0.15, 0.2) is 0 Å². The topological polar surface area (TPSA) is 36.5 Å². The van der Waals surface area contributed by atoms with Gasteiger partial charge in [-0.25, -0.2) is 0 Å². The van der Waals surface area contributed by atoms with Crippen molar-refractivity contribution in [1.82, 2.24) is 15.5 Å². The molecule has 2 heterocycles. The maximum absolute atomic E-state index is 5.49. The van der Waals surface area contributed by atoms with E-state index in [9.17, 15) is 0 Å². The number of likely N-dealkylation sites (tertiary alicyclic amines) is 1. The molecule has 0 radical (unpaired) electrons. The Morgan fingerprint density at radius 1 is 1.32 bits per heavy atom. The molecule has 2 aliphatic rings. The lowest BCUT2D eigenvalue weighted by Gasteiger charge is -2.28. The fraction of sp³-hybridized carbons (Fsp3) is 1.00. The van der Waals surface area contributed by atoms with Crippen LogP contribution in [-0.2, 0) is 4.74 Å². The molecule has 112 valence electrons. The van der Waals surface area contributed by atoms with Crippen LogP contribution < -0.4 is 10.6 Å². The highest BCUT2D eigenvalue weighted by atomic mass is 16.5. The first kappa shape index (κ1) is 15.2. The lowest BCUT2D eigenvalue weighted by molar-refractivity contribution is 0.0712. The maximum Gasteiger partial charge on any atom is 0.0620 e. The van der Waals surface area contributed by atoms with Gasteiger partial charge in [0.05, 0.1) is 13.2 Å². The van der Waals surface area contributed by atoms with E-state index < -0.39 is 0 Å². The number of hydrogen-bond acceptors (Lipinski definition) is 4. The van der Waals surface area contributed by atoms with E-state index in [1.807, 2.05) is 0 Å². The summed E-state index contributed by atoms with van der Waals surface area (Å²) in [6, 6.07) is 1.12. The van der Waals surface area contributed by atoms with E-state index in [4.69, 9.17) is 4.74 Å². The molecule has 2 aliphatic heterocycles. The van der Waals surface area contributed by atoms with Crippen molar-refractivity contribution in [3.8, 4) is 0 Å². The summed E-state index contributed by atoms with van der Waals surface area (Å²) < 4.78 is 5.49. The van der Waals surface area contributed by atoms with Gasteiger partial charge in [-0.2, -0.15) is 0 Å². The third-order valence-corrected chi connectivity index (χ3v) is 4.23. The smallest absolute Gasteiger partial charge is 0.0620 e. The molecule has 0 bridgehead atoms. The molecule has 2 unspecified atom stereocenters. The number of ether oxygens (including phenoxy) is 1. The minimum Gasteiger partial charge on any atom is -0.379 e. The molecule has 2 rings (SSSR count). The van der Waals surface area contributed by atoms with Gasteiger partial charge < -0.3 is 20.3 Å². The lowest BCUT2D eigenvalue weighted by Crippen LogP contribution is -2.45. The van der Waals surface area contributed by atoms with Gasteiger partial charge in [0.1, 0.15) is 0 Å². The number of hydrogen-bond donors (Lipinski definition) is 2. The van der Waals surface area contributed by atoms with Gasteiger partial charge in [0.25, 0.3) is 0 Å². The minimum atomic E-state index is 0.540. The van der Waals surface area contributed by atoms with Crippen LogP contribution in [0.5, 0.6) is 0 Å². The monoisotopic (exact) mass is 269 g/mol. The SMILES string of the molecule is CC(CC1COCCN1)NCCCN1CCCCC1. The van der Waals surface area contributed by atoms with Crippen LogP contribution >= 0.6 is 0 Å². The van der Waals surface area contributed by atoms with Crippen LogP contribution in [0, 0.1) is 0 Å². The number of piperidine rings is 1. The molecule has 0 aromatic heterocycles. The molecule has 2 saturated heterocycles. The number of morpholine rings is 1. The molecule has 0 aromatic rings. The van der Waals surface area contributed by atoms with Gasteiger partial charge in [-0.3, -0.25) is 0 Å². The van der Waals surface area contributed by atoms with Crippen molar-refractivity contribution >= 4 is 0 Å². The van der Waals surface area contributed by atoms with Crippen LogP contribution in [0.25, 0.3) is 0 Å². The summed E-state index contributed by atoms with van der Waals surface area (Å²) in [5.41, 5.74) is 0. The van der Waals surface area contributed by atoms with Crippen LogP contribution in [0.2, 0.25) is 0 Å². The number of rotatable bonds is 7. The largest absolute Gasteiger partial charge is 0.379 e. The summed E-state index contributed by atoms with van der Waals surface area (Å²) in [7, 11) is 0. The van der Waals surface area contributed by atoms with Crippen molar-refractivity contribution in [2.75, 3.05) is 45.9 Å². The summed E-state index contributed by atoms with van der Waals surface area (Å²) in [4.78, 5) is 2.62. The van der Waals surface area contributed by atoms with Crippen LogP contribution in [0.4, 0.5) is 0 Å². The van der Waals surface area contributed by atoms with E-state index in [2.05, 4.69) is 22.5 Å². The van der Waals surface area contributed by atoms with E-state index in [1.54, 1.807) is 0 Å². The van der Waals surface area contributed by atoms with Crippen LogP contribution in [0.15, 0.2) is 0 Å². The van der Waals surface area contributed by atoms with Gasteiger partial charge in [-0.15, -0.1) is 0 Å². The molecule has 0 amide bonds. The number of nitrogens with one attached hydrogen (secondary N) is 2. The Balaban J connectivity index is 1.47. The van der Waals surface area contributed by atoms with E-state index in [0.29, 0.717) is 12.1 Å². The van der Waals surface area contributed by atoms with Crippen LogP contribution in [0.3, 0.4) is 0 Å². The zero-order valence-corrected chi connectivity index (χ0v) is 12.5. The fourth-order valence-corrected chi connectivity index (χ4v) is 3.12. The Hall–Kier alpha value is -0.160. The number of nitrogens with zero attached hydrogens (tertiary/aromatic N) is 1. The maximum atomic E-state index is 5.49. The van der Waals surface area contributed by atoms with Crippen LogP contribution in [0.1, 0.15) is 39.0 Å². The van der Waals surface area contributed by atoms with Crippen molar-refractivity contribution in [1.29, 1.82) is 0 Å². The average molecular weight is 269 g/mol. The summed E-state index contributed by atoms with van der Waals surface area (Å²) in [5, 5.41) is 7.17. The normalized spacial score (nSPS) is 27.3. The molecule has 2 fully saturated rings. The molecular formula is C15H31N3O. The fourth-order valence-electron chi connectivity index (χ4n) is 3.12. The van der Waals surface area contributed by atoms with Gasteiger partial charge >= 0.3 is 0 Å². The Bertz CT molecular complexity index is 225. The molecular weight excluding hydrogens is 238 g/mol. The Morgan fingerprint density at radius 3 is 2.89 bits per heavy atom. The predicted molar refractivity (Wildman–Crippen MR) is 79.6 cm³/mol. The van der Waals surface area contributed by atoms with Gasteiger partial charge in [-0.05, 0) is 58.8 Å².